The third-order valence-corrected chi connectivity index (χ3v) is 4.57. The summed E-state index contributed by atoms with van der Waals surface area (Å²) in [6.07, 6.45) is -0.544. The highest BCUT2D eigenvalue weighted by Crippen LogP contribution is 2.26. The van der Waals surface area contributed by atoms with Gasteiger partial charge in [-0.15, -0.1) is 0 Å². The van der Waals surface area contributed by atoms with Gasteiger partial charge in [-0.2, -0.15) is 5.10 Å². The zero-order valence-corrected chi connectivity index (χ0v) is 16.2. The first-order valence-corrected chi connectivity index (χ1v) is 9.21. The summed E-state index contributed by atoms with van der Waals surface area (Å²) in [6, 6.07) is 14.2. The van der Waals surface area contributed by atoms with Crippen molar-refractivity contribution in [1.82, 2.24) is 9.78 Å². The maximum atomic E-state index is 12.9. The molecule has 0 amide bonds. The number of hydrogen-bond acceptors (Lipinski definition) is 4. The van der Waals surface area contributed by atoms with Crippen LogP contribution in [0.1, 0.15) is 42.9 Å². The quantitative estimate of drug-likeness (QED) is 0.602. The van der Waals surface area contributed by atoms with Gasteiger partial charge in [-0.25, -0.2) is 9.48 Å². The Morgan fingerprint density at radius 3 is 2.37 bits per heavy atom. The molecule has 3 aromatic rings. The number of carbonyl (C=O) groups excluding carboxylic acids is 1. The van der Waals surface area contributed by atoms with Crippen molar-refractivity contribution in [3.05, 3.63) is 75.2 Å². The molecule has 1 heterocycles. The van der Waals surface area contributed by atoms with Crippen molar-refractivity contribution in [2.75, 3.05) is 0 Å². The molecule has 27 heavy (non-hydrogen) atoms. The van der Waals surface area contributed by atoms with Gasteiger partial charge in [0.1, 0.15) is 6.10 Å². The SMILES string of the molecule is CC(C)Cn1nc(C(=O)O[C@H](C)c2ccccc2Cl)c2ccccc2c1=O. The zero-order chi connectivity index (χ0) is 19.6. The van der Waals surface area contributed by atoms with Crippen molar-refractivity contribution in [2.45, 2.75) is 33.4 Å². The van der Waals surface area contributed by atoms with Crippen LogP contribution in [-0.2, 0) is 11.3 Å². The predicted octanol–water partition coefficient (Wildman–Crippen LogP) is 4.62. The summed E-state index contributed by atoms with van der Waals surface area (Å²) in [5, 5.41) is 5.77. The molecule has 0 saturated carbocycles. The molecule has 0 unspecified atom stereocenters. The van der Waals surface area contributed by atoms with E-state index in [1.165, 1.54) is 4.68 Å². The van der Waals surface area contributed by atoms with Crippen LogP contribution in [0.25, 0.3) is 10.8 Å². The minimum Gasteiger partial charge on any atom is -0.453 e. The highest BCUT2D eigenvalue weighted by Gasteiger charge is 2.21. The van der Waals surface area contributed by atoms with Crippen LogP contribution in [0.15, 0.2) is 53.3 Å². The summed E-state index contributed by atoms with van der Waals surface area (Å²) in [4.78, 5) is 25.5. The maximum Gasteiger partial charge on any atom is 0.360 e. The Morgan fingerprint density at radius 1 is 1.07 bits per heavy atom. The van der Waals surface area contributed by atoms with Crippen molar-refractivity contribution >= 4 is 28.3 Å². The lowest BCUT2D eigenvalue weighted by Crippen LogP contribution is -2.28. The number of fused-ring (bicyclic) bond motifs is 1. The number of rotatable bonds is 5. The first kappa shape index (κ1) is 19.1. The third-order valence-electron chi connectivity index (χ3n) is 4.23. The Labute approximate surface area is 162 Å². The lowest BCUT2D eigenvalue weighted by Gasteiger charge is -2.16. The summed E-state index contributed by atoms with van der Waals surface area (Å²) >= 11 is 6.19. The summed E-state index contributed by atoms with van der Waals surface area (Å²) in [7, 11) is 0. The van der Waals surface area contributed by atoms with Crippen LogP contribution in [0.3, 0.4) is 0 Å². The molecule has 0 aliphatic heterocycles. The Hall–Kier alpha value is -2.66. The van der Waals surface area contributed by atoms with E-state index >= 15 is 0 Å². The zero-order valence-electron chi connectivity index (χ0n) is 15.5. The molecule has 2 aromatic carbocycles. The Morgan fingerprint density at radius 2 is 1.70 bits per heavy atom. The van der Waals surface area contributed by atoms with E-state index in [1.807, 2.05) is 32.0 Å². The van der Waals surface area contributed by atoms with E-state index in [9.17, 15) is 9.59 Å². The van der Waals surface area contributed by atoms with E-state index in [2.05, 4.69) is 5.10 Å². The summed E-state index contributed by atoms with van der Waals surface area (Å²) in [6.45, 7) is 6.15. The minimum absolute atomic E-state index is 0.129. The Kier molecular flexibility index (Phi) is 5.61. The fourth-order valence-corrected chi connectivity index (χ4v) is 3.23. The molecule has 1 aromatic heterocycles. The number of esters is 1. The second kappa shape index (κ2) is 7.92. The van der Waals surface area contributed by atoms with Crippen LogP contribution < -0.4 is 5.56 Å². The van der Waals surface area contributed by atoms with Crippen molar-refractivity contribution < 1.29 is 9.53 Å². The number of nitrogens with zero attached hydrogens (tertiary/aromatic N) is 2. The van der Waals surface area contributed by atoms with Gasteiger partial charge in [0.15, 0.2) is 5.69 Å². The van der Waals surface area contributed by atoms with Gasteiger partial charge in [0.05, 0.1) is 5.39 Å². The minimum atomic E-state index is -0.587. The second-order valence-corrected chi connectivity index (χ2v) is 7.25. The smallest absolute Gasteiger partial charge is 0.360 e. The van der Waals surface area contributed by atoms with Gasteiger partial charge in [-0.3, -0.25) is 4.79 Å². The molecule has 0 radical (unpaired) electrons. The third kappa shape index (κ3) is 4.03. The van der Waals surface area contributed by atoms with Gasteiger partial charge in [0.2, 0.25) is 0 Å². The van der Waals surface area contributed by atoms with Crippen molar-refractivity contribution in [3.8, 4) is 0 Å². The number of benzene rings is 2. The highest BCUT2D eigenvalue weighted by atomic mass is 35.5. The number of aromatic nitrogens is 2. The lowest BCUT2D eigenvalue weighted by atomic mass is 10.1. The van der Waals surface area contributed by atoms with Crippen LogP contribution >= 0.6 is 11.6 Å². The van der Waals surface area contributed by atoms with Crippen LogP contribution in [0.2, 0.25) is 5.02 Å². The fourth-order valence-electron chi connectivity index (χ4n) is 2.94. The van der Waals surface area contributed by atoms with Gasteiger partial charge in [0.25, 0.3) is 5.56 Å². The molecule has 1 atom stereocenters. The average Bonchev–Trinajstić information content (AvgIpc) is 2.64. The second-order valence-electron chi connectivity index (χ2n) is 6.84. The largest absolute Gasteiger partial charge is 0.453 e. The average molecular weight is 385 g/mol. The van der Waals surface area contributed by atoms with Crippen molar-refractivity contribution in [2.24, 2.45) is 5.92 Å². The number of carbonyl (C=O) groups is 1. The van der Waals surface area contributed by atoms with Crippen LogP contribution in [-0.4, -0.2) is 15.7 Å². The van der Waals surface area contributed by atoms with E-state index in [1.54, 1.807) is 37.3 Å². The Balaban J connectivity index is 2.02. The normalized spacial score (nSPS) is 12.3. The maximum absolute atomic E-state index is 12.9. The predicted molar refractivity (Wildman–Crippen MR) is 106 cm³/mol. The first-order chi connectivity index (χ1) is 12.9. The summed E-state index contributed by atoms with van der Waals surface area (Å²) < 4.78 is 6.95. The van der Waals surface area contributed by atoms with Crippen LogP contribution in [0.4, 0.5) is 0 Å². The van der Waals surface area contributed by atoms with Gasteiger partial charge in [-0.1, -0.05) is 61.8 Å². The monoisotopic (exact) mass is 384 g/mol. The van der Waals surface area contributed by atoms with Crippen molar-refractivity contribution in [3.63, 3.8) is 0 Å². The van der Waals surface area contributed by atoms with Gasteiger partial charge < -0.3 is 4.74 Å². The van der Waals surface area contributed by atoms with Crippen molar-refractivity contribution in [1.29, 1.82) is 0 Å². The van der Waals surface area contributed by atoms with Gasteiger partial charge in [0, 0.05) is 22.5 Å². The van der Waals surface area contributed by atoms with E-state index < -0.39 is 12.1 Å². The molecule has 0 fully saturated rings. The Bertz CT molecular complexity index is 1040. The lowest BCUT2D eigenvalue weighted by molar-refractivity contribution is 0.0330. The fraction of sp³-hybridized carbons (Fsp3) is 0.286. The molecule has 0 N–H and O–H groups in total. The molecule has 140 valence electrons. The molecule has 0 spiro atoms. The highest BCUT2D eigenvalue weighted by molar-refractivity contribution is 6.31. The molecular formula is C21H21ClN2O3. The summed E-state index contributed by atoms with van der Waals surface area (Å²) in [5.41, 5.74) is 0.632. The van der Waals surface area contributed by atoms with E-state index in [0.29, 0.717) is 27.9 Å². The summed E-state index contributed by atoms with van der Waals surface area (Å²) in [5.74, 6) is -0.376. The molecule has 3 rings (SSSR count). The van der Waals surface area contributed by atoms with E-state index in [0.717, 1.165) is 0 Å². The standard InChI is InChI=1S/C21H21ClN2O3/c1-13(2)12-24-20(25)17-10-5-4-9-16(17)19(23-24)21(26)27-14(3)15-8-6-7-11-18(15)22/h4-11,13-14H,12H2,1-3H3/t14-/m1/s1. The number of halogens is 1. The van der Waals surface area contributed by atoms with Crippen LogP contribution in [0.5, 0.6) is 0 Å². The molecule has 0 bridgehead atoms. The van der Waals surface area contributed by atoms with Crippen LogP contribution in [0, 0.1) is 5.92 Å². The van der Waals surface area contributed by atoms with Gasteiger partial charge >= 0.3 is 5.97 Å². The molecule has 0 aliphatic carbocycles. The molecule has 0 aliphatic rings. The molecule has 5 nitrogen and oxygen atoms in total. The molecular weight excluding hydrogens is 364 g/mol. The topological polar surface area (TPSA) is 61.2 Å². The molecule has 0 saturated heterocycles. The van der Waals surface area contributed by atoms with E-state index in [-0.39, 0.29) is 17.2 Å². The van der Waals surface area contributed by atoms with Gasteiger partial charge in [-0.05, 0) is 25.0 Å². The molecule has 6 heteroatoms. The number of hydrogen-bond donors (Lipinski definition) is 0. The first-order valence-electron chi connectivity index (χ1n) is 8.83. The van der Waals surface area contributed by atoms with E-state index in [4.69, 9.17) is 16.3 Å². The number of ether oxygens (including phenoxy) is 1.